The van der Waals surface area contributed by atoms with Crippen LogP contribution >= 0.6 is 15.9 Å². The second-order valence-corrected chi connectivity index (χ2v) is 3.49. The molecule has 0 aliphatic heterocycles. The van der Waals surface area contributed by atoms with Crippen molar-refractivity contribution in [2.75, 3.05) is 0 Å². The molecule has 1 aromatic heterocycles. The summed E-state index contributed by atoms with van der Waals surface area (Å²) in [5, 5.41) is 12.7. The molecule has 6 heteroatoms. The van der Waals surface area contributed by atoms with Gasteiger partial charge in [-0.25, -0.2) is 0 Å². The molecule has 1 heterocycles. The molecule has 72 valence electrons. The van der Waals surface area contributed by atoms with Crippen molar-refractivity contribution in [1.29, 1.82) is 0 Å². The Balaban J connectivity index is 3.15. The first kappa shape index (κ1) is 10.2. The number of aliphatic carboxylic acids is 1. The average Bonchev–Trinajstić information content (AvgIpc) is 2.31. The second kappa shape index (κ2) is 3.47. The molecule has 0 aromatic carbocycles. The Hall–Kier alpha value is -0.880. The van der Waals surface area contributed by atoms with Crippen molar-refractivity contribution < 1.29 is 9.90 Å². The molecule has 0 saturated carbocycles. The fourth-order valence-electron chi connectivity index (χ4n) is 1.04. The summed E-state index contributed by atoms with van der Waals surface area (Å²) >= 11 is 3.27. The molecule has 0 aliphatic rings. The number of nitrogens with two attached hydrogens (primary N) is 1. The van der Waals surface area contributed by atoms with E-state index in [0.29, 0.717) is 5.69 Å². The molecule has 0 bridgehead atoms. The Morgan fingerprint density at radius 2 is 2.31 bits per heavy atom. The van der Waals surface area contributed by atoms with E-state index in [4.69, 9.17) is 10.8 Å². The van der Waals surface area contributed by atoms with Crippen molar-refractivity contribution in [2.45, 2.75) is 13.0 Å². The van der Waals surface area contributed by atoms with Gasteiger partial charge in [-0.05, 0) is 22.9 Å². The van der Waals surface area contributed by atoms with Crippen LogP contribution in [-0.4, -0.2) is 20.9 Å². The van der Waals surface area contributed by atoms with E-state index in [1.807, 2.05) is 0 Å². The first-order chi connectivity index (χ1) is 5.95. The van der Waals surface area contributed by atoms with Gasteiger partial charge in [0.25, 0.3) is 0 Å². The highest BCUT2D eigenvalue weighted by molar-refractivity contribution is 9.10. The first-order valence-electron chi connectivity index (χ1n) is 3.62. The Kier molecular flexibility index (Phi) is 2.72. The lowest BCUT2D eigenvalue weighted by molar-refractivity contribution is -0.138. The van der Waals surface area contributed by atoms with Crippen LogP contribution in [0, 0.1) is 6.92 Å². The Labute approximate surface area is 83.7 Å². The van der Waals surface area contributed by atoms with Crippen LogP contribution in [0.4, 0.5) is 0 Å². The third-order valence-corrected chi connectivity index (χ3v) is 2.90. The number of hydrogen-bond acceptors (Lipinski definition) is 3. The van der Waals surface area contributed by atoms with Crippen LogP contribution in [0.15, 0.2) is 4.60 Å². The first-order valence-corrected chi connectivity index (χ1v) is 4.41. The molecule has 0 fully saturated rings. The molecular formula is C7H10BrN3O2. The van der Waals surface area contributed by atoms with Crippen molar-refractivity contribution in [2.24, 2.45) is 12.8 Å². The number of halogens is 1. The van der Waals surface area contributed by atoms with E-state index in [1.165, 1.54) is 0 Å². The molecule has 1 aromatic rings. The molecule has 0 saturated heterocycles. The van der Waals surface area contributed by atoms with Crippen LogP contribution in [0.3, 0.4) is 0 Å². The van der Waals surface area contributed by atoms with Crippen LogP contribution in [0.2, 0.25) is 0 Å². The monoisotopic (exact) mass is 247 g/mol. The maximum atomic E-state index is 10.6. The van der Waals surface area contributed by atoms with E-state index < -0.39 is 12.0 Å². The van der Waals surface area contributed by atoms with Crippen LogP contribution in [0.25, 0.3) is 0 Å². The molecule has 1 unspecified atom stereocenters. The van der Waals surface area contributed by atoms with E-state index in [9.17, 15) is 4.79 Å². The standard InChI is InChI=1S/C7H10BrN3O2/c1-3-5(4(9)7(12)13)10-11(2)6(3)8/h4H,9H2,1-2H3,(H,12,13). The zero-order valence-corrected chi connectivity index (χ0v) is 8.87. The highest BCUT2D eigenvalue weighted by Crippen LogP contribution is 2.22. The van der Waals surface area contributed by atoms with Crippen molar-refractivity contribution in [3.8, 4) is 0 Å². The Bertz CT molecular complexity index is 348. The number of nitrogens with zero attached hydrogens (tertiary/aromatic N) is 2. The third kappa shape index (κ3) is 1.73. The maximum absolute atomic E-state index is 10.6. The minimum atomic E-state index is -1.08. The fourth-order valence-corrected chi connectivity index (χ4v) is 1.32. The maximum Gasteiger partial charge on any atom is 0.326 e. The largest absolute Gasteiger partial charge is 0.480 e. The Morgan fingerprint density at radius 1 is 1.77 bits per heavy atom. The van der Waals surface area contributed by atoms with Gasteiger partial charge in [-0.3, -0.25) is 9.48 Å². The van der Waals surface area contributed by atoms with Gasteiger partial charge in [-0.2, -0.15) is 5.10 Å². The van der Waals surface area contributed by atoms with Crippen LogP contribution < -0.4 is 5.73 Å². The minimum absolute atomic E-state index is 0.391. The summed E-state index contributed by atoms with van der Waals surface area (Å²) in [7, 11) is 1.72. The Morgan fingerprint density at radius 3 is 2.62 bits per heavy atom. The van der Waals surface area contributed by atoms with Gasteiger partial charge in [-0.15, -0.1) is 0 Å². The number of carboxylic acid groups (broad SMARTS) is 1. The summed E-state index contributed by atoms with van der Waals surface area (Å²) < 4.78 is 2.30. The lowest BCUT2D eigenvalue weighted by Crippen LogP contribution is -2.22. The summed E-state index contributed by atoms with van der Waals surface area (Å²) in [4.78, 5) is 10.6. The van der Waals surface area contributed by atoms with Crippen LogP contribution in [0.1, 0.15) is 17.3 Å². The number of aryl methyl sites for hydroxylation is 1. The van der Waals surface area contributed by atoms with Gasteiger partial charge in [0, 0.05) is 12.6 Å². The molecule has 5 nitrogen and oxygen atoms in total. The predicted molar refractivity (Wildman–Crippen MR) is 50.2 cm³/mol. The van der Waals surface area contributed by atoms with Gasteiger partial charge in [0.15, 0.2) is 0 Å². The zero-order valence-electron chi connectivity index (χ0n) is 7.28. The van der Waals surface area contributed by atoms with Gasteiger partial charge >= 0.3 is 5.97 Å². The highest BCUT2D eigenvalue weighted by atomic mass is 79.9. The van der Waals surface area contributed by atoms with Gasteiger partial charge in [0.2, 0.25) is 0 Å². The van der Waals surface area contributed by atoms with Crippen molar-refractivity contribution in [3.05, 3.63) is 15.9 Å². The number of rotatable bonds is 2. The molecule has 0 amide bonds. The summed E-state index contributed by atoms with van der Waals surface area (Å²) in [6.45, 7) is 1.77. The smallest absolute Gasteiger partial charge is 0.326 e. The van der Waals surface area contributed by atoms with Gasteiger partial charge < -0.3 is 10.8 Å². The highest BCUT2D eigenvalue weighted by Gasteiger charge is 2.21. The lowest BCUT2D eigenvalue weighted by Gasteiger charge is -2.02. The molecule has 1 atom stereocenters. The van der Waals surface area contributed by atoms with E-state index >= 15 is 0 Å². The molecule has 3 N–H and O–H groups in total. The second-order valence-electron chi connectivity index (χ2n) is 2.74. The number of hydrogen-bond donors (Lipinski definition) is 2. The number of aromatic nitrogens is 2. The van der Waals surface area contributed by atoms with Crippen LogP contribution in [-0.2, 0) is 11.8 Å². The summed E-state index contributed by atoms with van der Waals surface area (Å²) in [6, 6.07) is -1.06. The third-order valence-electron chi connectivity index (χ3n) is 1.80. The molecule has 0 aliphatic carbocycles. The zero-order chi connectivity index (χ0) is 10.2. The predicted octanol–water partition coefficient (Wildman–Crippen LogP) is 0.575. The minimum Gasteiger partial charge on any atom is -0.480 e. The normalized spacial score (nSPS) is 12.9. The molecule has 0 spiro atoms. The van der Waals surface area contributed by atoms with E-state index in [1.54, 1.807) is 18.7 Å². The van der Waals surface area contributed by atoms with E-state index in [0.717, 1.165) is 10.2 Å². The van der Waals surface area contributed by atoms with Crippen molar-refractivity contribution in [3.63, 3.8) is 0 Å². The summed E-state index contributed by atoms with van der Waals surface area (Å²) in [5.41, 5.74) is 6.58. The average molecular weight is 248 g/mol. The van der Waals surface area contributed by atoms with E-state index in [2.05, 4.69) is 21.0 Å². The molecule has 0 radical (unpaired) electrons. The lowest BCUT2D eigenvalue weighted by atomic mass is 10.1. The number of carboxylic acids is 1. The SMILES string of the molecule is Cc1c(C(N)C(=O)O)nn(C)c1Br. The van der Waals surface area contributed by atoms with Gasteiger partial charge in [0.05, 0.1) is 5.69 Å². The van der Waals surface area contributed by atoms with Crippen molar-refractivity contribution >= 4 is 21.9 Å². The molecule has 1 rings (SSSR count). The molecule has 13 heavy (non-hydrogen) atoms. The molecular weight excluding hydrogens is 238 g/mol. The summed E-state index contributed by atoms with van der Waals surface area (Å²) in [6.07, 6.45) is 0. The topological polar surface area (TPSA) is 81.1 Å². The summed E-state index contributed by atoms with van der Waals surface area (Å²) in [5.74, 6) is -1.08. The van der Waals surface area contributed by atoms with E-state index in [-0.39, 0.29) is 0 Å². The fraction of sp³-hybridized carbons (Fsp3) is 0.429. The van der Waals surface area contributed by atoms with Gasteiger partial charge in [0.1, 0.15) is 10.6 Å². The van der Waals surface area contributed by atoms with Crippen LogP contribution in [0.5, 0.6) is 0 Å². The van der Waals surface area contributed by atoms with Crippen molar-refractivity contribution in [1.82, 2.24) is 9.78 Å². The quantitative estimate of drug-likeness (QED) is 0.801. The van der Waals surface area contributed by atoms with Gasteiger partial charge in [-0.1, -0.05) is 0 Å². The number of carbonyl (C=O) groups is 1.